The number of carbonyl (C=O) groups excluding carboxylic acids is 1. The van der Waals surface area contributed by atoms with Crippen molar-refractivity contribution in [2.24, 2.45) is 5.73 Å². The first-order valence-electron chi connectivity index (χ1n) is 7.85. The van der Waals surface area contributed by atoms with E-state index in [-0.39, 0.29) is 30.7 Å². The molecule has 1 unspecified atom stereocenters. The van der Waals surface area contributed by atoms with Crippen LogP contribution in [0.2, 0.25) is 0 Å². The van der Waals surface area contributed by atoms with E-state index in [4.69, 9.17) is 5.73 Å². The van der Waals surface area contributed by atoms with E-state index in [0.717, 1.165) is 22.1 Å². The molecule has 0 spiro atoms. The first kappa shape index (κ1) is 24.9. The zero-order valence-corrected chi connectivity index (χ0v) is 18.4. The minimum atomic E-state index is -1.07. The average molecular weight is 463 g/mol. The van der Waals surface area contributed by atoms with E-state index in [2.05, 4.69) is 32.2 Å². The highest BCUT2D eigenvalue weighted by Crippen LogP contribution is 2.21. The van der Waals surface area contributed by atoms with Crippen LogP contribution in [0.4, 0.5) is 0 Å². The van der Waals surface area contributed by atoms with Gasteiger partial charge in [-0.1, -0.05) is 52.3 Å². The van der Waals surface area contributed by atoms with Gasteiger partial charge in [-0.15, -0.1) is 24.8 Å². The van der Waals surface area contributed by atoms with Crippen molar-refractivity contribution in [3.63, 3.8) is 0 Å². The molecule has 4 nitrogen and oxygen atoms in total. The summed E-state index contributed by atoms with van der Waals surface area (Å²) in [4.78, 5) is 14.7. The van der Waals surface area contributed by atoms with Gasteiger partial charge >= 0.3 is 0 Å². The summed E-state index contributed by atoms with van der Waals surface area (Å²) >= 11 is 3.39. The first-order chi connectivity index (χ1) is 11.3. The predicted molar refractivity (Wildman–Crippen MR) is 116 cm³/mol. The molecule has 1 atom stereocenters. The molecule has 144 valence electrons. The largest absolute Gasteiger partial charge is 0.350 e. The highest BCUT2D eigenvalue weighted by Gasteiger charge is 2.30. The van der Waals surface area contributed by atoms with E-state index in [1.165, 1.54) is 5.56 Å². The Kier molecular flexibility index (Phi) is 10.4. The number of hydrogen-bond acceptors (Lipinski definition) is 3. The summed E-state index contributed by atoms with van der Waals surface area (Å²) in [6, 6.07) is 15.6. The van der Waals surface area contributed by atoms with Crippen molar-refractivity contribution in [2.45, 2.75) is 25.6 Å². The van der Waals surface area contributed by atoms with Gasteiger partial charge < -0.3 is 16.0 Å². The fourth-order valence-electron chi connectivity index (χ4n) is 2.51. The van der Waals surface area contributed by atoms with Crippen LogP contribution in [0, 0.1) is 0 Å². The molecule has 0 aromatic heterocycles. The van der Waals surface area contributed by atoms with Crippen LogP contribution in [0.25, 0.3) is 0 Å². The topological polar surface area (TPSA) is 58.4 Å². The number of benzene rings is 2. The minimum absolute atomic E-state index is 0. The molecule has 2 aromatic carbocycles. The van der Waals surface area contributed by atoms with Crippen molar-refractivity contribution in [1.29, 1.82) is 0 Å². The van der Waals surface area contributed by atoms with Crippen molar-refractivity contribution >= 4 is 46.7 Å². The van der Waals surface area contributed by atoms with Gasteiger partial charge in [-0.2, -0.15) is 0 Å². The zero-order chi connectivity index (χ0) is 17.7. The van der Waals surface area contributed by atoms with E-state index < -0.39 is 5.54 Å². The quantitative estimate of drug-likeness (QED) is 0.685. The Labute approximate surface area is 176 Å². The van der Waals surface area contributed by atoms with Crippen LogP contribution < -0.4 is 11.1 Å². The van der Waals surface area contributed by atoms with Crippen LogP contribution in [0.3, 0.4) is 0 Å². The Balaban J connectivity index is 0.00000312. The standard InChI is InChI=1S/C19H24BrN3O.2ClH/c1-19(21,16-8-10-17(20)11-9-16)18(24)22-12-14-6-4-5-7-15(14)13-23(2)3;;/h4-11H,12-13,21H2,1-3H3,(H,22,24);2*1H. The van der Waals surface area contributed by atoms with Gasteiger partial charge in [-0.05, 0) is 49.8 Å². The average Bonchev–Trinajstić information content (AvgIpc) is 2.53. The Morgan fingerprint density at radius 2 is 1.62 bits per heavy atom. The predicted octanol–water partition coefficient (Wildman–Crippen LogP) is 3.84. The maximum absolute atomic E-state index is 12.6. The fraction of sp³-hybridized carbons (Fsp3) is 0.316. The molecule has 0 bridgehead atoms. The van der Waals surface area contributed by atoms with Gasteiger partial charge in [-0.25, -0.2) is 0 Å². The summed E-state index contributed by atoms with van der Waals surface area (Å²) in [6.45, 7) is 3.03. The Morgan fingerprint density at radius 1 is 1.08 bits per heavy atom. The second-order valence-corrected chi connectivity index (χ2v) is 7.31. The van der Waals surface area contributed by atoms with Crippen molar-refractivity contribution in [3.05, 3.63) is 69.7 Å². The lowest BCUT2D eigenvalue weighted by Crippen LogP contribution is -2.48. The molecule has 0 saturated carbocycles. The lowest BCUT2D eigenvalue weighted by molar-refractivity contribution is -0.126. The third-order valence-corrected chi connectivity index (χ3v) is 4.49. The fourth-order valence-corrected chi connectivity index (χ4v) is 2.78. The Bertz CT molecular complexity index is 706. The molecule has 2 rings (SSSR count). The van der Waals surface area contributed by atoms with E-state index in [9.17, 15) is 4.79 Å². The van der Waals surface area contributed by atoms with Crippen LogP contribution in [0.5, 0.6) is 0 Å². The molecule has 0 fully saturated rings. The van der Waals surface area contributed by atoms with Gasteiger partial charge in [0.1, 0.15) is 5.54 Å². The molecule has 3 N–H and O–H groups in total. The van der Waals surface area contributed by atoms with E-state index in [0.29, 0.717) is 6.54 Å². The lowest BCUT2D eigenvalue weighted by atomic mass is 9.92. The monoisotopic (exact) mass is 461 g/mol. The van der Waals surface area contributed by atoms with Gasteiger partial charge in [0, 0.05) is 17.6 Å². The van der Waals surface area contributed by atoms with Crippen LogP contribution >= 0.6 is 40.7 Å². The molecule has 7 heteroatoms. The number of halogens is 3. The highest BCUT2D eigenvalue weighted by molar-refractivity contribution is 9.10. The van der Waals surface area contributed by atoms with Crippen LogP contribution in [-0.4, -0.2) is 24.9 Å². The molecule has 0 saturated heterocycles. The third-order valence-electron chi connectivity index (χ3n) is 3.96. The van der Waals surface area contributed by atoms with Crippen molar-refractivity contribution in [1.82, 2.24) is 10.2 Å². The molecule has 26 heavy (non-hydrogen) atoms. The summed E-state index contributed by atoms with van der Waals surface area (Å²) in [6.07, 6.45) is 0. The molecule has 0 aliphatic carbocycles. The Morgan fingerprint density at radius 3 is 2.15 bits per heavy atom. The summed E-state index contributed by atoms with van der Waals surface area (Å²) < 4.78 is 0.958. The first-order valence-corrected chi connectivity index (χ1v) is 8.64. The molecular formula is C19H26BrCl2N3O. The third kappa shape index (κ3) is 6.56. The number of nitrogens with zero attached hydrogens (tertiary/aromatic N) is 1. The molecule has 2 aromatic rings. The number of carbonyl (C=O) groups is 1. The molecule has 0 radical (unpaired) electrons. The molecule has 0 aliphatic rings. The van der Waals surface area contributed by atoms with Gasteiger partial charge in [0.15, 0.2) is 0 Å². The smallest absolute Gasteiger partial charge is 0.244 e. The second kappa shape index (κ2) is 10.9. The molecule has 0 heterocycles. The van der Waals surface area contributed by atoms with Crippen molar-refractivity contribution in [2.75, 3.05) is 14.1 Å². The van der Waals surface area contributed by atoms with Crippen LogP contribution in [0.15, 0.2) is 53.0 Å². The Hall–Kier alpha value is -1.11. The zero-order valence-electron chi connectivity index (χ0n) is 15.2. The molecular weight excluding hydrogens is 437 g/mol. The second-order valence-electron chi connectivity index (χ2n) is 6.40. The minimum Gasteiger partial charge on any atom is -0.350 e. The number of rotatable bonds is 6. The van der Waals surface area contributed by atoms with Gasteiger partial charge in [0.2, 0.25) is 5.91 Å². The number of nitrogens with one attached hydrogen (secondary N) is 1. The highest BCUT2D eigenvalue weighted by atomic mass is 79.9. The maximum atomic E-state index is 12.6. The van der Waals surface area contributed by atoms with E-state index in [1.54, 1.807) is 6.92 Å². The summed E-state index contributed by atoms with van der Waals surface area (Å²) in [5.41, 5.74) is 8.29. The van der Waals surface area contributed by atoms with E-state index in [1.807, 2.05) is 56.6 Å². The number of amides is 1. The van der Waals surface area contributed by atoms with Crippen molar-refractivity contribution < 1.29 is 4.79 Å². The van der Waals surface area contributed by atoms with Crippen LogP contribution in [-0.2, 0) is 23.4 Å². The summed E-state index contributed by atoms with van der Waals surface area (Å²) in [5.74, 6) is -0.190. The normalized spacial score (nSPS) is 12.5. The molecule has 0 aliphatic heterocycles. The number of nitrogens with two attached hydrogens (primary N) is 1. The van der Waals surface area contributed by atoms with Gasteiger partial charge in [-0.3, -0.25) is 4.79 Å². The SMILES string of the molecule is CN(C)Cc1ccccc1CNC(=O)C(C)(N)c1ccc(Br)cc1.Cl.Cl. The van der Waals surface area contributed by atoms with Gasteiger partial charge in [0.25, 0.3) is 0 Å². The summed E-state index contributed by atoms with van der Waals surface area (Å²) in [7, 11) is 4.06. The van der Waals surface area contributed by atoms with E-state index >= 15 is 0 Å². The number of hydrogen-bond donors (Lipinski definition) is 2. The van der Waals surface area contributed by atoms with Crippen molar-refractivity contribution in [3.8, 4) is 0 Å². The maximum Gasteiger partial charge on any atom is 0.244 e. The lowest BCUT2D eigenvalue weighted by Gasteiger charge is -2.24. The summed E-state index contributed by atoms with van der Waals surface area (Å²) in [5, 5.41) is 2.97. The molecule has 1 amide bonds. The van der Waals surface area contributed by atoms with Crippen LogP contribution in [0.1, 0.15) is 23.6 Å². The van der Waals surface area contributed by atoms with Gasteiger partial charge in [0.05, 0.1) is 0 Å².